The molecule has 6 heteroatoms. The summed E-state index contributed by atoms with van der Waals surface area (Å²) in [4.78, 5) is 8.45. The van der Waals surface area contributed by atoms with E-state index < -0.39 is 0 Å². The molecule has 0 aliphatic carbocycles. The van der Waals surface area contributed by atoms with E-state index in [2.05, 4.69) is 30.7 Å². The van der Waals surface area contributed by atoms with Crippen molar-refractivity contribution in [1.29, 1.82) is 0 Å². The van der Waals surface area contributed by atoms with Crippen molar-refractivity contribution >= 4 is 28.5 Å². The Balaban J connectivity index is 2.38. The Morgan fingerprint density at radius 1 is 1.19 bits per heavy atom. The molecule has 0 unspecified atom stereocenters. The first kappa shape index (κ1) is 13.8. The van der Waals surface area contributed by atoms with E-state index in [-0.39, 0.29) is 5.54 Å². The molecule has 0 radical (unpaired) electrons. The van der Waals surface area contributed by atoms with E-state index in [1.165, 1.54) is 6.33 Å². The van der Waals surface area contributed by atoms with Crippen molar-refractivity contribution in [2.45, 2.75) is 26.3 Å². The van der Waals surface area contributed by atoms with Crippen molar-refractivity contribution in [1.82, 2.24) is 19.7 Å². The van der Waals surface area contributed by atoms with Gasteiger partial charge in [-0.1, -0.05) is 23.7 Å². The van der Waals surface area contributed by atoms with Crippen molar-refractivity contribution in [3.8, 4) is 11.3 Å². The van der Waals surface area contributed by atoms with E-state index in [1.54, 1.807) is 0 Å². The first-order chi connectivity index (χ1) is 9.88. The van der Waals surface area contributed by atoms with Crippen LogP contribution in [0.5, 0.6) is 0 Å². The van der Waals surface area contributed by atoms with Crippen LogP contribution in [-0.2, 0) is 5.54 Å². The first-order valence-electron chi connectivity index (χ1n) is 6.63. The van der Waals surface area contributed by atoms with Gasteiger partial charge in [-0.15, -0.1) is 0 Å². The number of aromatic nitrogens is 4. The maximum atomic E-state index is 6.09. The van der Waals surface area contributed by atoms with Crippen LogP contribution in [0.15, 0.2) is 30.6 Å². The van der Waals surface area contributed by atoms with Crippen LogP contribution in [0.3, 0.4) is 0 Å². The lowest BCUT2D eigenvalue weighted by molar-refractivity contribution is 0.367. The minimum absolute atomic E-state index is 0.212. The Bertz CT molecular complexity index is 817. The normalized spacial score (nSPS) is 12.0. The number of nitrogens with two attached hydrogens (primary N) is 1. The molecule has 5 nitrogen and oxygen atoms in total. The van der Waals surface area contributed by atoms with E-state index in [1.807, 2.05) is 28.9 Å². The molecular formula is C15H16ClN5. The van der Waals surface area contributed by atoms with Gasteiger partial charge in [0, 0.05) is 10.6 Å². The quantitative estimate of drug-likeness (QED) is 0.747. The molecule has 108 valence electrons. The van der Waals surface area contributed by atoms with Gasteiger partial charge in [-0.05, 0) is 32.9 Å². The second-order valence-corrected chi connectivity index (χ2v) is 6.34. The van der Waals surface area contributed by atoms with Gasteiger partial charge in [-0.2, -0.15) is 5.10 Å². The van der Waals surface area contributed by atoms with E-state index in [9.17, 15) is 0 Å². The number of hydrogen-bond donors (Lipinski definition) is 1. The summed E-state index contributed by atoms with van der Waals surface area (Å²) in [6.07, 6.45) is 1.46. The number of benzene rings is 1. The lowest BCUT2D eigenvalue weighted by Gasteiger charge is -2.19. The smallest absolute Gasteiger partial charge is 0.164 e. The van der Waals surface area contributed by atoms with Gasteiger partial charge in [0.1, 0.15) is 17.8 Å². The van der Waals surface area contributed by atoms with Gasteiger partial charge in [0.2, 0.25) is 0 Å². The van der Waals surface area contributed by atoms with Crippen LogP contribution < -0.4 is 5.73 Å². The molecule has 0 saturated carbocycles. The summed E-state index contributed by atoms with van der Waals surface area (Å²) in [5, 5.41) is 6.12. The van der Waals surface area contributed by atoms with Crippen molar-refractivity contribution in [3.05, 3.63) is 35.6 Å². The van der Waals surface area contributed by atoms with E-state index >= 15 is 0 Å². The summed E-state index contributed by atoms with van der Waals surface area (Å²) in [6, 6.07) is 7.53. The number of fused-ring (bicyclic) bond motifs is 1. The number of nitrogen functional groups attached to an aromatic ring is 1. The Morgan fingerprint density at radius 2 is 1.95 bits per heavy atom. The summed E-state index contributed by atoms with van der Waals surface area (Å²) in [5.74, 6) is 0.422. The molecule has 0 aliphatic rings. The van der Waals surface area contributed by atoms with Gasteiger partial charge in [0.05, 0.1) is 10.9 Å². The molecule has 2 N–H and O–H groups in total. The topological polar surface area (TPSA) is 69.6 Å². The number of rotatable bonds is 1. The van der Waals surface area contributed by atoms with Crippen LogP contribution in [0.25, 0.3) is 22.3 Å². The minimum Gasteiger partial charge on any atom is -0.383 e. The fourth-order valence-corrected chi connectivity index (χ4v) is 2.47. The molecule has 0 aliphatic heterocycles. The molecule has 0 fully saturated rings. The van der Waals surface area contributed by atoms with Crippen LogP contribution in [0.2, 0.25) is 5.02 Å². The van der Waals surface area contributed by atoms with E-state index in [4.69, 9.17) is 22.4 Å². The Labute approximate surface area is 127 Å². The van der Waals surface area contributed by atoms with Crippen LogP contribution in [0, 0.1) is 0 Å². The maximum Gasteiger partial charge on any atom is 0.164 e. The van der Waals surface area contributed by atoms with Gasteiger partial charge in [0.15, 0.2) is 5.65 Å². The summed E-state index contributed by atoms with van der Waals surface area (Å²) >= 11 is 6.09. The molecule has 21 heavy (non-hydrogen) atoms. The fraction of sp³-hybridized carbons (Fsp3) is 0.267. The lowest BCUT2D eigenvalue weighted by Crippen LogP contribution is -2.23. The van der Waals surface area contributed by atoms with Crippen molar-refractivity contribution in [3.63, 3.8) is 0 Å². The summed E-state index contributed by atoms with van der Waals surface area (Å²) < 4.78 is 1.87. The number of hydrogen-bond acceptors (Lipinski definition) is 4. The van der Waals surface area contributed by atoms with Gasteiger partial charge in [-0.25, -0.2) is 14.6 Å². The molecule has 2 aromatic heterocycles. The average Bonchev–Trinajstić information content (AvgIpc) is 2.79. The second kappa shape index (κ2) is 4.70. The highest BCUT2D eigenvalue weighted by Gasteiger charge is 2.23. The standard InChI is InChI=1S/C15H16ClN5/c1-15(2,3)21-14-11(13(17)18-8-19-14)12(20-21)9-5-4-6-10(16)7-9/h4-8H,1-3H3,(H2,17,18,19). The van der Waals surface area contributed by atoms with Crippen LogP contribution in [-0.4, -0.2) is 19.7 Å². The molecule has 0 atom stereocenters. The fourth-order valence-electron chi connectivity index (χ4n) is 2.28. The van der Waals surface area contributed by atoms with Crippen LogP contribution in [0.1, 0.15) is 20.8 Å². The summed E-state index contributed by atoms with van der Waals surface area (Å²) in [7, 11) is 0. The lowest BCUT2D eigenvalue weighted by atomic mass is 10.1. The van der Waals surface area contributed by atoms with E-state index in [0.29, 0.717) is 10.8 Å². The molecule has 3 rings (SSSR count). The second-order valence-electron chi connectivity index (χ2n) is 5.90. The number of nitrogens with zero attached hydrogens (tertiary/aromatic N) is 4. The highest BCUT2D eigenvalue weighted by molar-refractivity contribution is 6.30. The predicted octanol–water partition coefficient (Wildman–Crippen LogP) is 3.48. The Hall–Kier alpha value is -2.14. The number of halogens is 1. The first-order valence-corrected chi connectivity index (χ1v) is 7.01. The Kier molecular flexibility index (Phi) is 3.10. The van der Waals surface area contributed by atoms with Gasteiger partial charge < -0.3 is 5.73 Å². The zero-order valence-electron chi connectivity index (χ0n) is 12.1. The third kappa shape index (κ3) is 2.34. The van der Waals surface area contributed by atoms with Crippen molar-refractivity contribution < 1.29 is 0 Å². The average molecular weight is 302 g/mol. The molecule has 0 bridgehead atoms. The zero-order valence-corrected chi connectivity index (χ0v) is 12.9. The van der Waals surface area contributed by atoms with Gasteiger partial charge in [-0.3, -0.25) is 0 Å². The minimum atomic E-state index is -0.212. The van der Waals surface area contributed by atoms with Crippen molar-refractivity contribution in [2.24, 2.45) is 0 Å². The third-order valence-electron chi connectivity index (χ3n) is 3.23. The summed E-state index contributed by atoms with van der Waals surface area (Å²) in [6.45, 7) is 6.21. The van der Waals surface area contributed by atoms with Gasteiger partial charge >= 0.3 is 0 Å². The van der Waals surface area contributed by atoms with E-state index in [0.717, 1.165) is 22.3 Å². The highest BCUT2D eigenvalue weighted by Crippen LogP contribution is 2.33. The predicted molar refractivity (Wildman–Crippen MR) is 85.2 cm³/mol. The van der Waals surface area contributed by atoms with Crippen LogP contribution >= 0.6 is 11.6 Å². The molecule has 0 amide bonds. The molecule has 1 aromatic carbocycles. The Morgan fingerprint density at radius 3 is 2.62 bits per heavy atom. The third-order valence-corrected chi connectivity index (χ3v) is 3.46. The SMILES string of the molecule is CC(C)(C)n1nc(-c2cccc(Cl)c2)c2c(N)ncnc21. The highest BCUT2D eigenvalue weighted by atomic mass is 35.5. The molecule has 2 heterocycles. The number of anilines is 1. The molecule has 3 aromatic rings. The van der Waals surface area contributed by atoms with Crippen molar-refractivity contribution in [2.75, 3.05) is 5.73 Å². The maximum absolute atomic E-state index is 6.09. The van der Waals surface area contributed by atoms with Gasteiger partial charge in [0.25, 0.3) is 0 Å². The molecular weight excluding hydrogens is 286 g/mol. The zero-order chi connectivity index (χ0) is 15.2. The monoisotopic (exact) mass is 301 g/mol. The summed E-state index contributed by atoms with van der Waals surface area (Å²) in [5.41, 5.74) is 8.22. The molecule has 0 saturated heterocycles. The largest absolute Gasteiger partial charge is 0.383 e. The van der Waals surface area contributed by atoms with Crippen LogP contribution in [0.4, 0.5) is 5.82 Å². The molecule has 0 spiro atoms.